The number of carbonyl (C=O) groups is 4. The molecular weight excluding hydrogens is 466 g/mol. The molecular formula is C25H25N5O6. The zero-order valence-electron chi connectivity index (χ0n) is 19.6. The Morgan fingerprint density at radius 2 is 1.72 bits per heavy atom. The molecule has 36 heavy (non-hydrogen) atoms. The SMILES string of the molecule is CNc1cc(CNC(=O)c2cc(C(=O)NC(C)c3ccc(C(=O)O)cc3)ncn2)ccc1OCC=O. The molecule has 11 heteroatoms. The topological polar surface area (TPSA) is 160 Å². The Bertz CT molecular complexity index is 1260. The van der Waals surface area contributed by atoms with Crippen molar-refractivity contribution in [1.29, 1.82) is 0 Å². The van der Waals surface area contributed by atoms with Crippen LogP contribution in [0.2, 0.25) is 0 Å². The lowest BCUT2D eigenvalue weighted by Gasteiger charge is -2.14. The molecule has 0 aliphatic carbocycles. The lowest BCUT2D eigenvalue weighted by Crippen LogP contribution is -2.29. The summed E-state index contributed by atoms with van der Waals surface area (Å²) in [6.45, 7) is 1.87. The number of aromatic carboxylic acids is 1. The molecule has 11 nitrogen and oxygen atoms in total. The van der Waals surface area contributed by atoms with E-state index in [9.17, 15) is 19.2 Å². The van der Waals surface area contributed by atoms with E-state index in [4.69, 9.17) is 9.84 Å². The van der Waals surface area contributed by atoms with Gasteiger partial charge in [-0.05, 0) is 42.3 Å². The van der Waals surface area contributed by atoms with Gasteiger partial charge >= 0.3 is 5.97 Å². The molecule has 0 spiro atoms. The summed E-state index contributed by atoms with van der Waals surface area (Å²) in [5.41, 5.74) is 2.33. The van der Waals surface area contributed by atoms with Gasteiger partial charge in [0.2, 0.25) is 0 Å². The van der Waals surface area contributed by atoms with Gasteiger partial charge in [-0.3, -0.25) is 14.4 Å². The Kier molecular flexibility index (Phi) is 8.65. The van der Waals surface area contributed by atoms with Gasteiger partial charge in [-0.25, -0.2) is 14.8 Å². The molecule has 1 heterocycles. The number of nitrogens with one attached hydrogen (secondary N) is 3. The van der Waals surface area contributed by atoms with Crippen molar-refractivity contribution in [3.05, 3.63) is 82.9 Å². The molecule has 1 unspecified atom stereocenters. The highest BCUT2D eigenvalue weighted by atomic mass is 16.5. The van der Waals surface area contributed by atoms with Crippen molar-refractivity contribution < 1.29 is 29.0 Å². The first-order valence-electron chi connectivity index (χ1n) is 10.9. The van der Waals surface area contributed by atoms with Gasteiger partial charge < -0.3 is 25.8 Å². The van der Waals surface area contributed by atoms with Crippen molar-refractivity contribution in [3.8, 4) is 5.75 Å². The van der Waals surface area contributed by atoms with Crippen LogP contribution in [0.1, 0.15) is 55.4 Å². The van der Waals surface area contributed by atoms with Crippen LogP contribution < -0.4 is 20.7 Å². The molecule has 0 aliphatic rings. The lowest BCUT2D eigenvalue weighted by molar-refractivity contribution is -0.109. The van der Waals surface area contributed by atoms with E-state index in [0.29, 0.717) is 23.3 Å². The maximum atomic E-state index is 12.7. The van der Waals surface area contributed by atoms with Crippen molar-refractivity contribution in [1.82, 2.24) is 20.6 Å². The van der Waals surface area contributed by atoms with E-state index in [2.05, 4.69) is 25.9 Å². The van der Waals surface area contributed by atoms with E-state index >= 15 is 0 Å². The summed E-state index contributed by atoms with van der Waals surface area (Å²) >= 11 is 0. The predicted octanol–water partition coefficient (Wildman–Crippen LogP) is 2.22. The molecule has 4 N–H and O–H groups in total. The van der Waals surface area contributed by atoms with Gasteiger partial charge in [0.1, 0.15) is 30.1 Å². The monoisotopic (exact) mass is 491 g/mol. The summed E-state index contributed by atoms with van der Waals surface area (Å²) in [5, 5.41) is 17.5. The molecule has 1 aromatic heterocycles. The molecule has 0 saturated carbocycles. The number of nitrogens with zero attached hydrogens (tertiary/aromatic N) is 2. The molecule has 3 rings (SSSR count). The average Bonchev–Trinajstić information content (AvgIpc) is 2.90. The first-order chi connectivity index (χ1) is 17.3. The number of ether oxygens (including phenoxy) is 1. The quantitative estimate of drug-likeness (QED) is 0.295. The van der Waals surface area contributed by atoms with E-state index in [-0.39, 0.29) is 30.1 Å². The molecule has 0 bridgehead atoms. The number of aromatic nitrogens is 2. The first-order valence-corrected chi connectivity index (χ1v) is 10.9. The Hall–Kier alpha value is -4.80. The summed E-state index contributed by atoms with van der Waals surface area (Å²) in [6.07, 6.45) is 1.79. The van der Waals surface area contributed by atoms with Crippen LogP contribution in [0.25, 0.3) is 0 Å². The Morgan fingerprint density at radius 1 is 1.03 bits per heavy atom. The van der Waals surface area contributed by atoms with Crippen LogP contribution in [0.5, 0.6) is 5.75 Å². The number of hydrogen-bond donors (Lipinski definition) is 4. The molecule has 186 valence electrons. The van der Waals surface area contributed by atoms with Gasteiger partial charge in [0.25, 0.3) is 11.8 Å². The largest absolute Gasteiger partial charge is 0.484 e. The van der Waals surface area contributed by atoms with Crippen LogP contribution in [0.15, 0.2) is 54.9 Å². The van der Waals surface area contributed by atoms with Crippen LogP contribution in [0, 0.1) is 0 Å². The normalized spacial score (nSPS) is 11.2. The van der Waals surface area contributed by atoms with E-state index in [1.807, 2.05) is 0 Å². The third-order valence-electron chi connectivity index (χ3n) is 5.21. The van der Waals surface area contributed by atoms with Gasteiger partial charge in [0.05, 0.1) is 17.3 Å². The van der Waals surface area contributed by atoms with Crippen LogP contribution in [0.4, 0.5) is 5.69 Å². The third kappa shape index (κ3) is 6.63. The fraction of sp³-hybridized carbons (Fsp3) is 0.200. The molecule has 0 saturated heterocycles. The van der Waals surface area contributed by atoms with E-state index in [0.717, 1.165) is 11.9 Å². The Balaban J connectivity index is 1.62. The van der Waals surface area contributed by atoms with Crippen LogP contribution >= 0.6 is 0 Å². The minimum atomic E-state index is -1.03. The smallest absolute Gasteiger partial charge is 0.335 e. The zero-order chi connectivity index (χ0) is 26.1. The molecule has 1 atom stereocenters. The highest BCUT2D eigenvalue weighted by Gasteiger charge is 2.16. The van der Waals surface area contributed by atoms with E-state index < -0.39 is 23.8 Å². The fourth-order valence-electron chi connectivity index (χ4n) is 3.28. The number of carboxylic acids is 1. The number of aldehydes is 1. The van der Waals surface area contributed by atoms with Gasteiger partial charge in [0.15, 0.2) is 6.29 Å². The second kappa shape index (κ2) is 12.1. The summed E-state index contributed by atoms with van der Waals surface area (Å²) < 4.78 is 5.34. The molecule has 0 fully saturated rings. The molecule has 0 radical (unpaired) electrons. The molecule has 2 amide bonds. The number of hydrogen-bond acceptors (Lipinski definition) is 8. The van der Waals surface area contributed by atoms with Crippen LogP contribution in [-0.4, -0.2) is 52.8 Å². The molecule has 2 aromatic carbocycles. The average molecular weight is 492 g/mol. The molecule has 0 aliphatic heterocycles. The number of carboxylic acid groups (broad SMARTS) is 1. The van der Waals surface area contributed by atoms with Crippen LogP contribution in [0.3, 0.4) is 0 Å². The highest BCUT2D eigenvalue weighted by molar-refractivity contribution is 5.97. The first kappa shape index (κ1) is 25.8. The number of rotatable bonds is 11. The second-order valence-electron chi connectivity index (χ2n) is 7.65. The number of benzene rings is 2. The van der Waals surface area contributed by atoms with Gasteiger partial charge in [-0.2, -0.15) is 0 Å². The Labute approximate surface area is 206 Å². The summed E-state index contributed by atoms with van der Waals surface area (Å²) in [5.74, 6) is -1.52. The van der Waals surface area contributed by atoms with Crippen LogP contribution in [-0.2, 0) is 11.3 Å². The van der Waals surface area contributed by atoms with Gasteiger partial charge in [-0.1, -0.05) is 18.2 Å². The number of amides is 2. The van der Waals surface area contributed by atoms with E-state index in [1.54, 1.807) is 44.3 Å². The van der Waals surface area contributed by atoms with Crippen molar-refractivity contribution in [2.24, 2.45) is 0 Å². The number of carbonyl (C=O) groups excluding carboxylic acids is 3. The maximum absolute atomic E-state index is 12.7. The highest BCUT2D eigenvalue weighted by Crippen LogP contribution is 2.25. The lowest BCUT2D eigenvalue weighted by atomic mass is 10.1. The Morgan fingerprint density at radius 3 is 2.36 bits per heavy atom. The fourth-order valence-corrected chi connectivity index (χ4v) is 3.28. The van der Waals surface area contributed by atoms with Crippen molar-refractivity contribution >= 4 is 29.8 Å². The minimum absolute atomic E-state index is 0.0123. The summed E-state index contributed by atoms with van der Waals surface area (Å²) in [7, 11) is 1.71. The van der Waals surface area contributed by atoms with Crippen molar-refractivity contribution in [3.63, 3.8) is 0 Å². The summed E-state index contributed by atoms with van der Waals surface area (Å²) in [6, 6.07) is 12.3. The second-order valence-corrected chi connectivity index (χ2v) is 7.65. The molecule has 3 aromatic rings. The number of anilines is 1. The minimum Gasteiger partial charge on any atom is -0.484 e. The van der Waals surface area contributed by atoms with E-state index in [1.165, 1.54) is 18.2 Å². The summed E-state index contributed by atoms with van der Waals surface area (Å²) in [4.78, 5) is 54.7. The predicted molar refractivity (Wildman–Crippen MR) is 130 cm³/mol. The zero-order valence-corrected chi connectivity index (χ0v) is 19.6. The van der Waals surface area contributed by atoms with Gasteiger partial charge in [0, 0.05) is 19.7 Å². The maximum Gasteiger partial charge on any atom is 0.335 e. The van der Waals surface area contributed by atoms with Gasteiger partial charge in [-0.15, -0.1) is 0 Å². The third-order valence-corrected chi connectivity index (χ3v) is 5.21. The van der Waals surface area contributed by atoms with Crippen molar-refractivity contribution in [2.75, 3.05) is 19.0 Å². The standard InChI is InChI=1S/C25H25N5O6/c1-15(17-4-6-18(7-5-17)25(34)35)30-24(33)21-12-20(28-14-29-21)23(32)27-13-16-3-8-22(36-10-9-31)19(11-16)26-2/h3-9,11-12,14-15,26H,10,13H2,1-2H3,(H,27,32)(H,30,33)(H,34,35). The van der Waals surface area contributed by atoms with Crippen molar-refractivity contribution in [2.45, 2.75) is 19.5 Å².